The molecular formula is C21H21N7O. The lowest BCUT2D eigenvalue weighted by molar-refractivity contribution is 0.475. The van der Waals surface area contributed by atoms with Crippen LogP contribution in [0, 0.1) is 6.92 Å². The van der Waals surface area contributed by atoms with Crippen molar-refractivity contribution in [2.45, 2.75) is 6.92 Å². The van der Waals surface area contributed by atoms with Crippen molar-refractivity contribution < 1.29 is 5.11 Å². The summed E-state index contributed by atoms with van der Waals surface area (Å²) in [6, 6.07) is 11.2. The van der Waals surface area contributed by atoms with Crippen molar-refractivity contribution in [3.05, 3.63) is 60.8 Å². The first-order valence-corrected chi connectivity index (χ1v) is 9.60. The van der Waals surface area contributed by atoms with Gasteiger partial charge in [-0.3, -0.25) is 9.55 Å². The van der Waals surface area contributed by atoms with E-state index in [1.165, 1.54) is 0 Å². The molecule has 8 nitrogen and oxygen atoms in total. The third-order valence-corrected chi connectivity index (χ3v) is 5.26. The number of imidazole rings is 1. The maximum atomic E-state index is 9.49. The topological polar surface area (TPSA) is 83.2 Å². The van der Waals surface area contributed by atoms with Crippen LogP contribution in [0.5, 0.6) is 5.75 Å². The fraction of sp³-hybridized carbons (Fsp3) is 0.238. The van der Waals surface area contributed by atoms with Crippen molar-refractivity contribution in [1.29, 1.82) is 0 Å². The van der Waals surface area contributed by atoms with Gasteiger partial charge in [0.05, 0.1) is 17.6 Å². The average Bonchev–Trinajstić information content (AvgIpc) is 3.20. The number of fused-ring (bicyclic) bond motifs is 1. The molecule has 0 bridgehead atoms. The van der Waals surface area contributed by atoms with Crippen molar-refractivity contribution in [2.24, 2.45) is 0 Å². The van der Waals surface area contributed by atoms with E-state index in [-0.39, 0.29) is 5.75 Å². The van der Waals surface area contributed by atoms with E-state index < -0.39 is 0 Å². The molecule has 0 saturated carbocycles. The van der Waals surface area contributed by atoms with Gasteiger partial charge in [-0.15, -0.1) is 0 Å². The highest BCUT2D eigenvalue weighted by Crippen LogP contribution is 2.24. The molecule has 1 aromatic carbocycles. The molecule has 0 aliphatic carbocycles. The minimum Gasteiger partial charge on any atom is -0.508 e. The van der Waals surface area contributed by atoms with Gasteiger partial charge in [0.15, 0.2) is 5.65 Å². The molecule has 0 atom stereocenters. The van der Waals surface area contributed by atoms with Gasteiger partial charge in [0.1, 0.15) is 17.6 Å². The number of hydrogen-bond donors (Lipinski definition) is 1. The van der Waals surface area contributed by atoms with Gasteiger partial charge >= 0.3 is 0 Å². The quantitative estimate of drug-likeness (QED) is 0.578. The first-order chi connectivity index (χ1) is 14.2. The number of aromatic hydroxyl groups is 1. The fourth-order valence-electron chi connectivity index (χ4n) is 3.68. The van der Waals surface area contributed by atoms with Gasteiger partial charge in [0, 0.05) is 38.1 Å². The second kappa shape index (κ2) is 7.05. The normalized spacial score (nSPS) is 14.5. The second-order valence-corrected chi connectivity index (χ2v) is 7.10. The summed E-state index contributed by atoms with van der Waals surface area (Å²) in [5.41, 5.74) is 4.51. The predicted molar refractivity (Wildman–Crippen MR) is 112 cm³/mol. The van der Waals surface area contributed by atoms with Crippen LogP contribution in [0.1, 0.15) is 5.69 Å². The number of pyridine rings is 1. The van der Waals surface area contributed by atoms with Crippen LogP contribution in [0.3, 0.4) is 0 Å². The summed E-state index contributed by atoms with van der Waals surface area (Å²) >= 11 is 0. The predicted octanol–water partition coefficient (Wildman–Crippen LogP) is 2.55. The van der Waals surface area contributed by atoms with E-state index in [1.807, 2.05) is 35.8 Å². The molecule has 4 heterocycles. The van der Waals surface area contributed by atoms with Crippen LogP contribution >= 0.6 is 0 Å². The van der Waals surface area contributed by atoms with Crippen molar-refractivity contribution in [2.75, 3.05) is 36.0 Å². The third-order valence-electron chi connectivity index (χ3n) is 5.26. The third kappa shape index (κ3) is 3.22. The molecule has 1 fully saturated rings. The first kappa shape index (κ1) is 17.4. The molecule has 0 amide bonds. The van der Waals surface area contributed by atoms with E-state index in [2.05, 4.69) is 19.8 Å². The number of aromatic nitrogens is 5. The van der Waals surface area contributed by atoms with Gasteiger partial charge in [0.25, 0.3) is 0 Å². The average molecular weight is 387 g/mol. The maximum Gasteiger partial charge on any atom is 0.227 e. The number of rotatable bonds is 3. The Kier molecular flexibility index (Phi) is 4.23. The summed E-state index contributed by atoms with van der Waals surface area (Å²) in [5, 5.41) is 9.49. The molecule has 3 aromatic heterocycles. The van der Waals surface area contributed by atoms with E-state index in [0.29, 0.717) is 0 Å². The molecule has 8 heteroatoms. The van der Waals surface area contributed by atoms with Crippen molar-refractivity contribution in [3.8, 4) is 11.4 Å². The van der Waals surface area contributed by atoms with Crippen LogP contribution in [-0.2, 0) is 0 Å². The molecular weight excluding hydrogens is 366 g/mol. The lowest BCUT2D eigenvalue weighted by Crippen LogP contribution is -2.47. The Morgan fingerprint density at radius 3 is 2.38 bits per heavy atom. The molecule has 4 aromatic rings. The van der Waals surface area contributed by atoms with E-state index in [0.717, 1.165) is 60.4 Å². The van der Waals surface area contributed by atoms with Gasteiger partial charge in [0.2, 0.25) is 5.95 Å². The highest BCUT2D eigenvalue weighted by molar-refractivity contribution is 5.76. The van der Waals surface area contributed by atoms with Crippen molar-refractivity contribution in [3.63, 3.8) is 0 Å². The van der Waals surface area contributed by atoms with Gasteiger partial charge in [-0.1, -0.05) is 0 Å². The zero-order valence-electron chi connectivity index (χ0n) is 16.1. The highest BCUT2D eigenvalue weighted by Gasteiger charge is 2.21. The monoisotopic (exact) mass is 387 g/mol. The fourth-order valence-corrected chi connectivity index (χ4v) is 3.68. The minimum atomic E-state index is 0.287. The summed E-state index contributed by atoms with van der Waals surface area (Å²) in [6.45, 7) is 5.36. The zero-order valence-corrected chi connectivity index (χ0v) is 16.1. The lowest BCUT2D eigenvalue weighted by Gasteiger charge is -2.36. The van der Waals surface area contributed by atoms with Crippen LogP contribution in [0.2, 0.25) is 0 Å². The molecule has 29 heavy (non-hydrogen) atoms. The molecule has 1 aliphatic heterocycles. The second-order valence-electron chi connectivity index (χ2n) is 7.10. The van der Waals surface area contributed by atoms with Crippen LogP contribution in [-0.4, -0.2) is 55.8 Å². The summed E-state index contributed by atoms with van der Waals surface area (Å²) in [7, 11) is 0. The Bertz CT molecular complexity index is 1130. The Hall–Kier alpha value is -3.68. The summed E-state index contributed by atoms with van der Waals surface area (Å²) in [6.07, 6.45) is 5.33. The number of phenolic OH excluding ortho intramolecular Hbond substituents is 1. The largest absolute Gasteiger partial charge is 0.508 e. The first-order valence-electron chi connectivity index (χ1n) is 9.60. The number of piperazine rings is 1. The Labute approximate surface area is 168 Å². The van der Waals surface area contributed by atoms with E-state index in [1.54, 1.807) is 30.9 Å². The molecule has 1 aliphatic rings. The van der Waals surface area contributed by atoms with Gasteiger partial charge < -0.3 is 14.9 Å². The number of aryl methyl sites for hydroxylation is 1. The Morgan fingerprint density at radius 1 is 0.897 bits per heavy atom. The maximum absolute atomic E-state index is 9.49. The molecule has 0 radical (unpaired) electrons. The SMILES string of the molecule is Cc1nc(N2CCN(c3ccc(O)cc3)CC2)nc2c1ncn2-c1cccnc1. The van der Waals surface area contributed by atoms with E-state index >= 15 is 0 Å². The van der Waals surface area contributed by atoms with Gasteiger partial charge in [-0.25, -0.2) is 9.97 Å². The minimum absolute atomic E-state index is 0.287. The number of hydrogen-bond acceptors (Lipinski definition) is 7. The molecule has 5 rings (SSSR count). The van der Waals surface area contributed by atoms with Crippen molar-refractivity contribution in [1.82, 2.24) is 24.5 Å². The lowest BCUT2D eigenvalue weighted by atomic mass is 10.2. The van der Waals surface area contributed by atoms with E-state index in [4.69, 9.17) is 9.97 Å². The van der Waals surface area contributed by atoms with Crippen LogP contribution in [0.25, 0.3) is 16.9 Å². The Morgan fingerprint density at radius 2 is 1.66 bits per heavy atom. The van der Waals surface area contributed by atoms with Crippen LogP contribution in [0.4, 0.5) is 11.6 Å². The van der Waals surface area contributed by atoms with Crippen LogP contribution < -0.4 is 9.80 Å². The zero-order chi connectivity index (χ0) is 19.8. The molecule has 0 unspecified atom stereocenters. The van der Waals surface area contributed by atoms with E-state index in [9.17, 15) is 5.11 Å². The van der Waals surface area contributed by atoms with Gasteiger partial charge in [-0.05, 0) is 43.3 Å². The Balaban J connectivity index is 1.42. The molecule has 146 valence electrons. The molecule has 1 N–H and O–H groups in total. The summed E-state index contributed by atoms with van der Waals surface area (Å²) in [5.74, 6) is 1.01. The van der Waals surface area contributed by atoms with Crippen molar-refractivity contribution >= 4 is 22.8 Å². The smallest absolute Gasteiger partial charge is 0.227 e. The number of nitrogens with zero attached hydrogens (tertiary/aromatic N) is 7. The van der Waals surface area contributed by atoms with Crippen LogP contribution in [0.15, 0.2) is 55.1 Å². The number of phenols is 1. The number of anilines is 2. The summed E-state index contributed by atoms with van der Waals surface area (Å²) < 4.78 is 1.95. The standard InChI is InChI=1S/C21H21N7O/c1-15-19-20(28(14-23-19)17-3-2-8-22-13-17)25-21(24-15)27-11-9-26(10-12-27)16-4-6-18(29)7-5-16/h2-8,13-14,29H,9-12H2,1H3. The highest BCUT2D eigenvalue weighted by atomic mass is 16.3. The van der Waals surface area contributed by atoms with Gasteiger partial charge in [-0.2, -0.15) is 4.98 Å². The number of benzene rings is 1. The summed E-state index contributed by atoms with van der Waals surface area (Å²) in [4.78, 5) is 22.8. The molecule has 1 saturated heterocycles. The molecule has 0 spiro atoms.